The number of fused-ring (bicyclic) bond motifs is 1. The van der Waals surface area contributed by atoms with Gasteiger partial charge in [-0.1, -0.05) is 18.6 Å². The second-order valence-corrected chi connectivity index (χ2v) is 9.95. The van der Waals surface area contributed by atoms with Crippen molar-refractivity contribution in [1.29, 1.82) is 0 Å². The van der Waals surface area contributed by atoms with Crippen LogP contribution in [-0.2, 0) is 16.6 Å². The highest BCUT2D eigenvalue weighted by Gasteiger charge is 2.27. The SMILES string of the molecule is COc1ccc(S(=O)(=O)N2CCCCC2)cc1NC(=O)NCCn1c(C)nc2ccccc21. The van der Waals surface area contributed by atoms with Gasteiger partial charge in [-0.05, 0) is 50.1 Å². The molecule has 1 aliphatic heterocycles. The van der Waals surface area contributed by atoms with E-state index < -0.39 is 16.1 Å². The number of para-hydroxylation sites is 2. The zero-order valence-electron chi connectivity index (χ0n) is 18.9. The third-order valence-corrected chi connectivity index (χ3v) is 7.73. The molecule has 0 atom stereocenters. The van der Waals surface area contributed by atoms with Crippen molar-refractivity contribution in [3.63, 3.8) is 0 Å². The Morgan fingerprint density at radius 2 is 1.88 bits per heavy atom. The molecular weight excluding hydrogens is 442 g/mol. The van der Waals surface area contributed by atoms with E-state index in [1.807, 2.05) is 35.8 Å². The summed E-state index contributed by atoms with van der Waals surface area (Å²) in [6.07, 6.45) is 2.75. The zero-order chi connectivity index (χ0) is 23.4. The molecule has 1 aliphatic rings. The monoisotopic (exact) mass is 471 g/mol. The number of ether oxygens (including phenoxy) is 1. The predicted octanol–water partition coefficient (Wildman–Crippen LogP) is 3.35. The summed E-state index contributed by atoms with van der Waals surface area (Å²) in [4.78, 5) is 17.2. The van der Waals surface area contributed by atoms with Gasteiger partial charge in [-0.2, -0.15) is 4.31 Å². The Kier molecular flexibility index (Phi) is 6.85. The molecule has 1 saturated heterocycles. The number of urea groups is 1. The number of piperidine rings is 1. The summed E-state index contributed by atoms with van der Waals surface area (Å²) in [5.74, 6) is 1.26. The summed E-state index contributed by atoms with van der Waals surface area (Å²) in [6, 6.07) is 11.9. The number of hydrogen-bond donors (Lipinski definition) is 2. The number of nitrogens with zero attached hydrogens (tertiary/aromatic N) is 3. The van der Waals surface area contributed by atoms with Crippen LogP contribution in [0.1, 0.15) is 25.1 Å². The number of aryl methyl sites for hydroxylation is 1. The fourth-order valence-electron chi connectivity index (χ4n) is 4.13. The van der Waals surface area contributed by atoms with Crippen molar-refractivity contribution in [3.05, 3.63) is 48.3 Å². The van der Waals surface area contributed by atoms with Gasteiger partial charge in [0.05, 0.1) is 28.7 Å². The molecule has 0 spiro atoms. The lowest BCUT2D eigenvalue weighted by Gasteiger charge is -2.26. The number of rotatable bonds is 7. The summed E-state index contributed by atoms with van der Waals surface area (Å²) in [5.41, 5.74) is 2.22. The molecule has 0 saturated carbocycles. The van der Waals surface area contributed by atoms with Crippen LogP contribution in [0.15, 0.2) is 47.4 Å². The standard InChI is InChI=1S/C23H29N5O4S/c1-17-25-19-8-4-5-9-21(19)28(17)15-12-24-23(29)26-20-16-18(10-11-22(20)32-2)33(30,31)27-13-6-3-7-14-27/h4-5,8-11,16H,3,6-7,12-15H2,1-2H3,(H2,24,26,29). The molecule has 10 heteroatoms. The van der Waals surface area contributed by atoms with Crippen LogP contribution in [0.5, 0.6) is 5.75 Å². The van der Waals surface area contributed by atoms with E-state index in [4.69, 9.17) is 4.74 Å². The molecule has 33 heavy (non-hydrogen) atoms. The van der Waals surface area contributed by atoms with Gasteiger partial charge >= 0.3 is 6.03 Å². The van der Waals surface area contributed by atoms with Crippen LogP contribution in [0.3, 0.4) is 0 Å². The molecule has 2 aromatic carbocycles. The molecule has 0 unspecified atom stereocenters. The van der Waals surface area contributed by atoms with E-state index in [1.165, 1.54) is 23.5 Å². The fourth-order valence-corrected chi connectivity index (χ4v) is 5.67. The minimum absolute atomic E-state index is 0.140. The maximum absolute atomic E-state index is 13.0. The highest BCUT2D eigenvalue weighted by molar-refractivity contribution is 7.89. The summed E-state index contributed by atoms with van der Waals surface area (Å²) in [6.45, 7) is 3.89. The molecule has 1 fully saturated rings. The predicted molar refractivity (Wildman–Crippen MR) is 127 cm³/mol. The normalized spacial score (nSPS) is 14.8. The third kappa shape index (κ3) is 4.96. The van der Waals surface area contributed by atoms with Gasteiger partial charge in [-0.3, -0.25) is 0 Å². The Bertz CT molecular complexity index is 1250. The van der Waals surface area contributed by atoms with Gasteiger partial charge in [-0.15, -0.1) is 0 Å². The van der Waals surface area contributed by atoms with Gasteiger partial charge in [0, 0.05) is 26.2 Å². The third-order valence-electron chi connectivity index (χ3n) is 5.84. The van der Waals surface area contributed by atoms with Crippen molar-refractivity contribution < 1.29 is 17.9 Å². The molecule has 3 aromatic rings. The van der Waals surface area contributed by atoms with E-state index in [2.05, 4.69) is 15.6 Å². The average Bonchev–Trinajstić information content (AvgIpc) is 3.14. The second kappa shape index (κ2) is 9.80. The molecule has 0 aliphatic carbocycles. The Morgan fingerprint density at radius 3 is 2.64 bits per heavy atom. The maximum Gasteiger partial charge on any atom is 0.319 e. The lowest BCUT2D eigenvalue weighted by Crippen LogP contribution is -2.35. The Hall–Kier alpha value is -3.11. The number of sulfonamides is 1. The first kappa shape index (κ1) is 23.1. The van der Waals surface area contributed by atoms with E-state index in [-0.39, 0.29) is 4.90 Å². The first-order chi connectivity index (χ1) is 15.9. The quantitative estimate of drug-likeness (QED) is 0.550. The summed E-state index contributed by atoms with van der Waals surface area (Å²) in [7, 11) is -2.15. The van der Waals surface area contributed by atoms with E-state index in [0.29, 0.717) is 37.6 Å². The number of hydrogen-bond acceptors (Lipinski definition) is 5. The maximum atomic E-state index is 13.0. The van der Waals surface area contributed by atoms with Gasteiger partial charge in [0.2, 0.25) is 10.0 Å². The molecule has 0 bridgehead atoms. The molecule has 2 heterocycles. The van der Waals surface area contributed by atoms with Crippen LogP contribution in [-0.4, -0.2) is 55.0 Å². The van der Waals surface area contributed by atoms with E-state index in [0.717, 1.165) is 36.1 Å². The van der Waals surface area contributed by atoms with Crippen molar-refractivity contribution >= 4 is 32.8 Å². The van der Waals surface area contributed by atoms with Crippen molar-refractivity contribution in [1.82, 2.24) is 19.2 Å². The van der Waals surface area contributed by atoms with Crippen LogP contribution < -0.4 is 15.4 Å². The van der Waals surface area contributed by atoms with Gasteiger partial charge in [-0.25, -0.2) is 18.2 Å². The number of imidazole rings is 1. The number of aromatic nitrogens is 2. The smallest absolute Gasteiger partial charge is 0.319 e. The lowest BCUT2D eigenvalue weighted by atomic mass is 10.2. The van der Waals surface area contributed by atoms with Gasteiger partial charge < -0.3 is 19.9 Å². The average molecular weight is 472 g/mol. The minimum Gasteiger partial charge on any atom is -0.495 e. The minimum atomic E-state index is -3.62. The van der Waals surface area contributed by atoms with Crippen LogP contribution >= 0.6 is 0 Å². The molecule has 176 valence electrons. The topological polar surface area (TPSA) is 106 Å². The van der Waals surface area contributed by atoms with Crippen molar-refractivity contribution in [2.24, 2.45) is 0 Å². The number of methoxy groups -OCH3 is 1. The fraction of sp³-hybridized carbons (Fsp3) is 0.391. The number of nitrogens with one attached hydrogen (secondary N) is 2. The van der Waals surface area contributed by atoms with Crippen molar-refractivity contribution in [2.75, 3.05) is 32.1 Å². The molecule has 1 aromatic heterocycles. The molecule has 2 amide bonds. The van der Waals surface area contributed by atoms with Crippen LogP contribution in [0.2, 0.25) is 0 Å². The molecular formula is C23H29N5O4S. The zero-order valence-corrected chi connectivity index (χ0v) is 19.7. The lowest BCUT2D eigenvalue weighted by molar-refractivity contribution is 0.251. The first-order valence-electron chi connectivity index (χ1n) is 11.0. The Labute approximate surface area is 193 Å². The number of benzene rings is 2. The van der Waals surface area contributed by atoms with Crippen LogP contribution in [0.25, 0.3) is 11.0 Å². The molecule has 4 rings (SSSR count). The van der Waals surface area contributed by atoms with E-state index in [1.54, 1.807) is 6.07 Å². The highest BCUT2D eigenvalue weighted by Crippen LogP contribution is 2.30. The van der Waals surface area contributed by atoms with E-state index >= 15 is 0 Å². The van der Waals surface area contributed by atoms with E-state index in [9.17, 15) is 13.2 Å². The van der Waals surface area contributed by atoms with Crippen LogP contribution in [0, 0.1) is 6.92 Å². The van der Waals surface area contributed by atoms with Gasteiger partial charge in [0.15, 0.2) is 0 Å². The van der Waals surface area contributed by atoms with Gasteiger partial charge in [0.25, 0.3) is 0 Å². The Morgan fingerprint density at radius 1 is 1.12 bits per heavy atom. The van der Waals surface area contributed by atoms with Crippen molar-refractivity contribution in [2.45, 2.75) is 37.6 Å². The molecule has 2 N–H and O–H groups in total. The second-order valence-electron chi connectivity index (χ2n) is 8.01. The largest absolute Gasteiger partial charge is 0.495 e. The summed E-state index contributed by atoms with van der Waals surface area (Å²) < 4.78 is 34.9. The molecule has 9 nitrogen and oxygen atoms in total. The number of anilines is 1. The number of carbonyl (C=O) groups excluding carboxylic acids is 1. The number of amides is 2. The summed E-state index contributed by atoms with van der Waals surface area (Å²) >= 11 is 0. The highest BCUT2D eigenvalue weighted by atomic mass is 32.2. The summed E-state index contributed by atoms with van der Waals surface area (Å²) in [5, 5.41) is 5.55. The first-order valence-corrected chi connectivity index (χ1v) is 12.5. The van der Waals surface area contributed by atoms with Crippen LogP contribution in [0.4, 0.5) is 10.5 Å². The Balaban J connectivity index is 1.43. The van der Waals surface area contributed by atoms with Crippen molar-refractivity contribution in [3.8, 4) is 5.75 Å². The number of carbonyl (C=O) groups is 1. The van der Waals surface area contributed by atoms with Gasteiger partial charge in [0.1, 0.15) is 11.6 Å². The molecule has 0 radical (unpaired) electrons.